The lowest BCUT2D eigenvalue weighted by atomic mass is 9.74. The summed E-state index contributed by atoms with van der Waals surface area (Å²) in [6.45, 7) is 0. The maximum absolute atomic E-state index is 11.8. The van der Waals surface area contributed by atoms with Crippen molar-refractivity contribution in [3.8, 4) is 0 Å². The van der Waals surface area contributed by atoms with Crippen molar-refractivity contribution in [2.75, 3.05) is 0 Å². The van der Waals surface area contributed by atoms with Gasteiger partial charge in [0.25, 0.3) is 0 Å². The highest BCUT2D eigenvalue weighted by atomic mass is 16.1. The highest BCUT2D eigenvalue weighted by molar-refractivity contribution is 6.03. The number of ketones is 2. The maximum Gasteiger partial charge on any atom is 0.162 e. The Labute approximate surface area is 77.0 Å². The largest absolute Gasteiger partial charge is 0.300 e. The summed E-state index contributed by atoms with van der Waals surface area (Å²) in [5, 5.41) is 0. The first-order valence-corrected chi connectivity index (χ1v) is 4.98. The van der Waals surface area contributed by atoms with Crippen LogP contribution >= 0.6 is 0 Å². The zero-order valence-corrected chi connectivity index (χ0v) is 7.45. The normalized spacial score (nSPS) is 47.1. The molecule has 1 spiro atoms. The fourth-order valence-corrected chi connectivity index (χ4v) is 3.53. The Balaban J connectivity index is 2.10. The van der Waals surface area contributed by atoms with Gasteiger partial charge in [-0.05, 0) is 30.8 Å². The van der Waals surface area contributed by atoms with Gasteiger partial charge in [0, 0.05) is 18.3 Å². The van der Waals surface area contributed by atoms with Crippen molar-refractivity contribution >= 4 is 11.6 Å². The molecule has 0 aromatic rings. The van der Waals surface area contributed by atoms with Crippen molar-refractivity contribution in [3.63, 3.8) is 0 Å². The van der Waals surface area contributed by atoms with Gasteiger partial charge in [0.05, 0.1) is 0 Å². The molecular formula is C11H12O2. The Morgan fingerprint density at radius 2 is 2.15 bits per heavy atom. The molecule has 3 aliphatic carbocycles. The maximum atomic E-state index is 11.8. The number of hydrogen-bond donors (Lipinski definition) is 0. The Morgan fingerprint density at radius 1 is 1.31 bits per heavy atom. The second-order valence-corrected chi connectivity index (χ2v) is 4.56. The molecule has 0 aromatic carbocycles. The van der Waals surface area contributed by atoms with Crippen LogP contribution in [0.15, 0.2) is 12.2 Å². The molecule has 2 fully saturated rings. The van der Waals surface area contributed by atoms with E-state index in [4.69, 9.17) is 0 Å². The Morgan fingerprint density at radius 3 is 3.00 bits per heavy atom. The molecule has 3 rings (SSSR count). The SMILES string of the molecule is O=C1CC2CCC3C=CC(=O)C32C1. The molecule has 0 bridgehead atoms. The third-order valence-corrected chi connectivity index (χ3v) is 4.12. The van der Waals surface area contributed by atoms with Gasteiger partial charge in [-0.25, -0.2) is 0 Å². The first-order chi connectivity index (χ1) is 6.23. The summed E-state index contributed by atoms with van der Waals surface area (Å²) in [6.07, 6.45) is 7.10. The van der Waals surface area contributed by atoms with Gasteiger partial charge in [-0.3, -0.25) is 9.59 Å². The fourth-order valence-electron chi connectivity index (χ4n) is 3.53. The van der Waals surface area contributed by atoms with Crippen molar-refractivity contribution in [3.05, 3.63) is 12.2 Å². The molecule has 3 unspecified atom stereocenters. The van der Waals surface area contributed by atoms with Crippen molar-refractivity contribution < 1.29 is 9.59 Å². The summed E-state index contributed by atoms with van der Waals surface area (Å²) in [5.74, 6) is 1.28. The minimum atomic E-state index is -0.253. The van der Waals surface area contributed by atoms with E-state index in [-0.39, 0.29) is 11.2 Å². The van der Waals surface area contributed by atoms with E-state index >= 15 is 0 Å². The first kappa shape index (κ1) is 7.48. The summed E-state index contributed by atoms with van der Waals surface area (Å²) in [4.78, 5) is 23.1. The summed E-state index contributed by atoms with van der Waals surface area (Å²) in [7, 11) is 0. The van der Waals surface area contributed by atoms with Crippen LogP contribution in [0.25, 0.3) is 0 Å². The summed E-state index contributed by atoms with van der Waals surface area (Å²) in [6, 6.07) is 0. The minimum absolute atomic E-state index is 0.228. The molecule has 0 N–H and O–H groups in total. The average Bonchev–Trinajstić information content (AvgIpc) is 2.63. The van der Waals surface area contributed by atoms with Gasteiger partial charge in [0.1, 0.15) is 5.78 Å². The highest BCUT2D eigenvalue weighted by Gasteiger charge is 2.60. The van der Waals surface area contributed by atoms with Gasteiger partial charge in [0.15, 0.2) is 5.78 Å². The van der Waals surface area contributed by atoms with Gasteiger partial charge in [-0.2, -0.15) is 0 Å². The van der Waals surface area contributed by atoms with Gasteiger partial charge in [-0.15, -0.1) is 0 Å². The molecule has 0 amide bonds. The van der Waals surface area contributed by atoms with E-state index in [1.54, 1.807) is 6.08 Å². The predicted molar refractivity (Wildman–Crippen MR) is 47.0 cm³/mol. The summed E-state index contributed by atoms with van der Waals surface area (Å²) >= 11 is 0. The van der Waals surface area contributed by atoms with Crippen LogP contribution in [0.4, 0.5) is 0 Å². The third-order valence-electron chi connectivity index (χ3n) is 4.12. The summed E-state index contributed by atoms with van der Waals surface area (Å²) in [5.41, 5.74) is -0.253. The third kappa shape index (κ3) is 0.702. The molecule has 2 saturated carbocycles. The topological polar surface area (TPSA) is 34.1 Å². The molecule has 13 heavy (non-hydrogen) atoms. The first-order valence-electron chi connectivity index (χ1n) is 4.98. The van der Waals surface area contributed by atoms with E-state index in [0.29, 0.717) is 30.5 Å². The molecule has 3 aliphatic rings. The van der Waals surface area contributed by atoms with Crippen LogP contribution in [0, 0.1) is 17.3 Å². The highest BCUT2D eigenvalue weighted by Crippen LogP contribution is 2.59. The van der Waals surface area contributed by atoms with Gasteiger partial charge in [-0.1, -0.05) is 6.08 Å². The van der Waals surface area contributed by atoms with Crippen LogP contribution in [-0.2, 0) is 9.59 Å². The number of allylic oxidation sites excluding steroid dienone is 2. The van der Waals surface area contributed by atoms with E-state index in [0.717, 1.165) is 12.8 Å². The molecule has 0 aliphatic heterocycles. The standard InChI is InChI=1S/C11H12O2/c12-9-5-8-2-1-7-3-4-10(13)11(7,8)6-9/h3-4,7-8H,1-2,5-6H2. The molecule has 2 heteroatoms. The smallest absolute Gasteiger partial charge is 0.162 e. The summed E-state index contributed by atoms with van der Waals surface area (Å²) < 4.78 is 0. The second kappa shape index (κ2) is 2.11. The van der Waals surface area contributed by atoms with Crippen molar-refractivity contribution in [1.29, 1.82) is 0 Å². The number of hydrogen-bond acceptors (Lipinski definition) is 2. The fraction of sp³-hybridized carbons (Fsp3) is 0.636. The van der Waals surface area contributed by atoms with E-state index in [9.17, 15) is 9.59 Å². The van der Waals surface area contributed by atoms with Gasteiger partial charge in [0.2, 0.25) is 0 Å². The van der Waals surface area contributed by atoms with Crippen LogP contribution in [0.3, 0.4) is 0 Å². The van der Waals surface area contributed by atoms with Crippen LogP contribution in [0.5, 0.6) is 0 Å². The minimum Gasteiger partial charge on any atom is -0.300 e. The van der Waals surface area contributed by atoms with E-state index < -0.39 is 0 Å². The van der Waals surface area contributed by atoms with E-state index in [1.165, 1.54) is 0 Å². The number of rotatable bonds is 0. The molecule has 0 heterocycles. The Kier molecular flexibility index (Phi) is 1.22. The zero-order chi connectivity index (χ0) is 9.05. The van der Waals surface area contributed by atoms with Crippen LogP contribution in [-0.4, -0.2) is 11.6 Å². The molecule has 0 saturated heterocycles. The number of carbonyl (C=O) groups excluding carboxylic acids is 2. The Hall–Kier alpha value is -0.920. The lowest BCUT2D eigenvalue weighted by Gasteiger charge is -2.26. The van der Waals surface area contributed by atoms with E-state index in [2.05, 4.69) is 0 Å². The monoisotopic (exact) mass is 176 g/mol. The number of carbonyl (C=O) groups is 2. The average molecular weight is 176 g/mol. The lowest BCUT2D eigenvalue weighted by Crippen LogP contribution is -2.31. The van der Waals surface area contributed by atoms with Crippen LogP contribution < -0.4 is 0 Å². The molecule has 3 atom stereocenters. The molecule has 2 nitrogen and oxygen atoms in total. The molecule has 0 aromatic heterocycles. The molecular weight excluding hydrogens is 164 g/mol. The van der Waals surface area contributed by atoms with E-state index in [1.807, 2.05) is 6.08 Å². The predicted octanol–water partition coefficient (Wildman–Crippen LogP) is 1.50. The van der Waals surface area contributed by atoms with Crippen LogP contribution in [0.2, 0.25) is 0 Å². The Bertz CT molecular complexity index is 329. The van der Waals surface area contributed by atoms with Crippen LogP contribution in [0.1, 0.15) is 25.7 Å². The second-order valence-electron chi connectivity index (χ2n) is 4.56. The zero-order valence-electron chi connectivity index (χ0n) is 7.45. The van der Waals surface area contributed by atoms with Crippen molar-refractivity contribution in [2.24, 2.45) is 17.3 Å². The van der Waals surface area contributed by atoms with Gasteiger partial charge < -0.3 is 0 Å². The molecule has 0 radical (unpaired) electrons. The lowest BCUT2D eigenvalue weighted by molar-refractivity contribution is -0.127. The molecule has 68 valence electrons. The number of Topliss-reactive ketones (excluding diaryl/α,β-unsaturated/α-hetero) is 1. The van der Waals surface area contributed by atoms with Crippen molar-refractivity contribution in [2.45, 2.75) is 25.7 Å². The van der Waals surface area contributed by atoms with Crippen molar-refractivity contribution in [1.82, 2.24) is 0 Å². The van der Waals surface area contributed by atoms with Gasteiger partial charge >= 0.3 is 0 Å². The quantitative estimate of drug-likeness (QED) is 0.560.